The maximum Gasteiger partial charge on any atom is 0.219 e. The number of carbonyl (C=O) groups is 1. The van der Waals surface area contributed by atoms with Gasteiger partial charge in [0, 0.05) is 31.1 Å². The van der Waals surface area contributed by atoms with Gasteiger partial charge in [-0.15, -0.1) is 0 Å². The molecule has 1 aliphatic rings. The normalized spacial score (nSPS) is 18.0. The molecule has 110 valence electrons. The number of nitrogens with one attached hydrogen (secondary N) is 1. The van der Waals surface area contributed by atoms with Crippen LogP contribution in [0, 0.1) is 12.8 Å². The molecule has 4 heteroatoms. The van der Waals surface area contributed by atoms with Gasteiger partial charge in [-0.3, -0.25) is 4.79 Å². The zero-order valence-corrected chi connectivity index (χ0v) is 12.3. The minimum Gasteiger partial charge on any atom is -0.493 e. The molecule has 1 heterocycles. The van der Waals surface area contributed by atoms with Gasteiger partial charge in [0.2, 0.25) is 5.91 Å². The van der Waals surface area contributed by atoms with E-state index in [0.717, 1.165) is 36.5 Å². The molecular formula is C16H23NO3. The van der Waals surface area contributed by atoms with Crippen molar-refractivity contribution in [1.29, 1.82) is 0 Å². The molecule has 0 bridgehead atoms. The molecule has 0 unspecified atom stereocenters. The van der Waals surface area contributed by atoms with Crippen molar-refractivity contribution >= 4 is 5.91 Å². The van der Waals surface area contributed by atoms with E-state index in [9.17, 15) is 4.79 Å². The molecule has 1 N–H and O–H groups in total. The summed E-state index contributed by atoms with van der Waals surface area (Å²) < 4.78 is 11.3. The molecule has 4 nitrogen and oxygen atoms in total. The van der Waals surface area contributed by atoms with Crippen molar-refractivity contribution in [3.05, 3.63) is 29.3 Å². The minimum absolute atomic E-state index is 0.0562. The lowest BCUT2D eigenvalue weighted by atomic mass is 10.1. The molecule has 1 atom stereocenters. The Morgan fingerprint density at radius 2 is 2.35 bits per heavy atom. The van der Waals surface area contributed by atoms with Crippen LogP contribution >= 0.6 is 0 Å². The van der Waals surface area contributed by atoms with E-state index in [2.05, 4.69) is 5.32 Å². The van der Waals surface area contributed by atoms with Gasteiger partial charge in [-0.1, -0.05) is 19.1 Å². The van der Waals surface area contributed by atoms with Crippen LogP contribution in [0.1, 0.15) is 30.9 Å². The highest BCUT2D eigenvalue weighted by Crippen LogP contribution is 2.22. The second-order valence-electron chi connectivity index (χ2n) is 5.28. The third-order valence-corrected chi connectivity index (χ3v) is 3.52. The monoisotopic (exact) mass is 277 g/mol. The summed E-state index contributed by atoms with van der Waals surface area (Å²) in [6, 6.07) is 6.09. The quantitative estimate of drug-likeness (QED) is 0.868. The molecule has 0 radical (unpaired) electrons. The van der Waals surface area contributed by atoms with Crippen molar-refractivity contribution in [2.75, 3.05) is 19.8 Å². The van der Waals surface area contributed by atoms with Crippen molar-refractivity contribution < 1.29 is 14.3 Å². The molecule has 2 rings (SSSR count). The molecule has 0 saturated carbocycles. The Balaban J connectivity index is 1.97. The van der Waals surface area contributed by atoms with Crippen LogP contribution in [0.2, 0.25) is 0 Å². The van der Waals surface area contributed by atoms with Crippen LogP contribution in [-0.2, 0) is 16.1 Å². The third kappa shape index (κ3) is 4.23. The fourth-order valence-corrected chi connectivity index (χ4v) is 2.18. The van der Waals surface area contributed by atoms with Crippen molar-refractivity contribution in [3.8, 4) is 5.75 Å². The largest absolute Gasteiger partial charge is 0.493 e. The highest BCUT2D eigenvalue weighted by atomic mass is 16.5. The van der Waals surface area contributed by atoms with Crippen molar-refractivity contribution in [3.63, 3.8) is 0 Å². The summed E-state index contributed by atoms with van der Waals surface area (Å²) in [5, 5.41) is 2.89. The summed E-state index contributed by atoms with van der Waals surface area (Å²) in [5.74, 6) is 1.41. The zero-order chi connectivity index (χ0) is 14.4. The van der Waals surface area contributed by atoms with E-state index in [4.69, 9.17) is 9.47 Å². The van der Waals surface area contributed by atoms with E-state index >= 15 is 0 Å². The molecule has 20 heavy (non-hydrogen) atoms. The number of benzene rings is 1. The smallest absolute Gasteiger partial charge is 0.219 e. The SMILES string of the molecule is CCC(=O)NCc1ccc(C)cc1OC[C@H]1CCOC1. The van der Waals surface area contributed by atoms with Gasteiger partial charge in [-0.05, 0) is 25.0 Å². The van der Waals surface area contributed by atoms with Crippen LogP contribution in [0.15, 0.2) is 18.2 Å². The fourth-order valence-electron chi connectivity index (χ4n) is 2.18. The zero-order valence-electron chi connectivity index (χ0n) is 12.3. The van der Waals surface area contributed by atoms with Gasteiger partial charge in [0.25, 0.3) is 0 Å². The average Bonchev–Trinajstić information content (AvgIpc) is 2.97. The first-order valence-electron chi connectivity index (χ1n) is 7.25. The van der Waals surface area contributed by atoms with Crippen LogP contribution in [-0.4, -0.2) is 25.7 Å². The number of hydrogen-bond acceptors (Lipinski definition) is 3. The Hall–Kier alpha value is -1.55. The van der Waals surface area contributed by atoms with Gasteiger partial charge in [-0.2, -0.15) is 0 Å². The summed E-state index contributed by atoms with van der Waals surface area (Å²) in [7, 11) is 0. The number of carbonyl (C=O) groups excluding carboxylic acids is 1. The summed E-state index contributed by atoms with van der Waals surface area (Å²) in [6.45, 7) is 6.71. The molecule has 1 aliphatic heterocycles. The standard InChI is InChI=1S/C16H23NO3/c1-3-16(18)17-9-14-5-4-12(2)8-15(14)20-11-13-6-7-19-10-13/h4-5,8,13H,3,6-7,9-11H2,1-2H3,(H,17,18)/t13-/m0/s1. The second kappa shape index (κ2) is 7.29. The predicted octanol–water partition coefficient (Wildman–Crippen LogP) is 2.44. The third-order valence-electron chi connectivity index (χ3n) is 3.52. The van der Waals surface area contributed by atoms with E-state index in [1.165, 1.54) is 0 Å². The van der Waals surface area contributed by atoms with Gasteiger partial charge in [0.1, 0.15) is 5.75 Å². The average molecular weight is 277 g/mol. The van der Waals surface area contributed by atoms with E-state index < -0.39 is 0 Å². The molecule has 1 amide bonds. The number of amides is 1. The van der Waals surface area contributed by atoms with Gasteiger partial charge in [-0.25, -0.2) is 0 Å². The van der Waals surface area contributed by atoms with Gasteiger partial charge in [0.05, 0.1) is 13.2 Å². The highest BCUT2D eigenvalue weighted by molar-refractivity contribution is 5.75. The number of aryl methyl sites for hydroxylation is 1. The Morgan fingerprint density at radius 3 is 3.05 bits per heavy atom. The Morgan fingerprint density at radius 1 is 1.50 bits per heavy atom. The lowest BCUT2D eigenvalue weighted by Crippen LogP contribution is -2.22. The van der Waals surface area contributed by atoms with Crippen molar-refractivity contribution in [1.82, 2.24) is 5.32 Å². The number of ether oxygens (including phenoxy) is 2. The Labute approximate surface area is 120 Å². The van der Waals surface area contributed by atoms with Crippen molar-refractivity contribution in [2.24, 2.45) is 5.92 Å². The maximum absolute atomic E-state index is 11.4. The molecule has 1 aromatic rings. The van der Waals surface area contributed by atoms with Crippen LogP contribution in [0.3, 0.4) is 0 Å². The second-order valence-corrected chi connectivity index (χ2v) is 5.28. The fraction of sp³-hybridized carbons (Fsp3) is 0.562. The van der Waals surface area contributed by atoms with E-state index in [1.807, 2.05) is 32.0 Å². The molecular weight excluding hydrogens is 254 g/mol. The molecule has 0 aromatic heterocycles. The molecule has 0 spiro atoms. The van der Waals surface area contributed by atoms with Crippen LogP contribution in [0.4, 0.5) is 0 Å². The van der Waals surface area contributed by atoms with Crippen molar-refractivity contribution in [2.45, 2.75) is 33.2 Å². The van der Waals surface area contributed by atoms with Crippen LogP contribution < -0.4 is 10.1 Å². The molecule has 0 aliphatic carbocycles. The Kier molecular flexibility index (Phi) is 5.41. The van der Waals surface area contributed by atoms with Crippen LogP contribution in [0.25, 0.3) is 0 Å². The summed E-state index contributed by atoms with van der Waals surface area (Å²) in [6.07, 6.45) is 1.56. The summed E-state index contributed by atoms with van der Waals surface area (Å²) in [4.78, 5) is 11.4. The number of rotatable bonds is 6. The number of hydrogen-bond donors (Lipinski definition) is 1. The minimum atomic E-state index is 0.0562. The van der Waals surface area contributed by atoms with Crippen LogP contribution in [0.5, 0.6) is 5.75 Å². The van der Waals surface area contributed by atoms with E-state index in [-0.39, 0.29) is 5.91 Å². The van der Waals surface area contributed by atoms with E-state index in [1.54, 1.807) is 0 Å². The maximum atomic E-state index is 11.4. The lowest BCUT2D eigenvalue weighted by molar-refractivity contribution is -0.120. The van der Waals surface area contributed by atoms with Gasteiger partial charge >= 0.3 is 0 Å². The Bertz CT molecular complexity index is 453. The first-order valence-corrected chi connectivity index (χ1v) is 7.25. The topological polar surface area (TPSA) is 47.6 Å². The first kappa shape index (κ1) is 14.9. The van der Waals surface area contributed by atoms with E-state index in [0.29, 0.717) is 25.5 Å². The van der Waals surface area contributed by atoms with Gasteiger partial charge in [0.15, 0.2) is 0 Å². The molecule has 1 fully saturated rings. The first-order chi connectivity index (χ1) is 9.69. The lowest BCUT2D eigenvalue weighted by Gasteiger charge is -2.15. The highest BCUT2D eigenvalue weighted by Gasteiger charge is 2.17. The molecule has 1 saturated heterocycles. The predicted molar refractivity (Wildman–Crippen MR) is 77.7 cm³/mol. The summed E-state index contributed by atoms with van der Waals surface area (Å²) in [5.41, 5.74) is 2.18. The van der Waals surface area contributed by atoms with Gasteiger partial charge < -0.3 is 14.8 Å². The molecule has 1 aromatic carbocycles. The summed E-state index contributed by atoms with van der Waals surface area (Å²) >= 11 is 0.